The number of rotatable bonds is 4. The number of benzene rings is 1. The van der Waals surface area contributed by atoms with Crippen LogP contribution in [-0.2, 0) is 9.53 Å². The zero-order chi connectivity index (χ0) is 19.1. The molecule has 5 unspecified atom stereocenters. The van der Waals surface area contributed by atoms with Crippen LogP contribution in [0.15, 0.2) is 36.5 Å². The fraction of sp³-hybridized carbons (Fsp3) is 0.368. The van der Waals surface area contributed by atoms with Crippen LogP contribution in [0, 0.1) is 5.92 Å². The first kappa shape index (κ1) is 18.5. The van der Waals surface area contributed by atoms with Crippen molar-refractivity contribution >= 4 is 34.8 Å². The molecule has 2 N–H and O–H groups in total. The van der Waals surface area contributed by atoms with Crippen LogP contribution < -0.4 is 10.1 Å². The number of halogens is 2. The van der Waals surface area contributed by atoms with Gasteiger partial charge >= 0.3 is 0 Å². The molecule has 3 heterocycles. The third kappa shape index (κ3) is 3.38. The van der Waals surface area contributed by atoms with Crippen LogP contribution in [-0.4, -0.2) is 41.4 Å². The molecule has 6 nitrogen and oxygen atoms in total. The minimum Gasteiger partial charge on any atom is -0.481 e. The van der Waals surface area contributed by atoms with Gasteiger partial charge in [0.2, 0.25) is 11.8 Å². The number of hydrogen-bond donors (Lipinski definition) is 2. The predicted molar refractivity (Wildman–Crippen MR) is 101 cm³/mol. The van der Waals surface area contributed by atoms with Crippen molar-refractivity contribution in [2.24, 2.45) is 5.92 Å². The molecule has 1 aromatic heterocycles. The molecular formula is C19H18Cl2N2O4. The largest absolute Gasteiger partial charge is 0.481 e. The topological polar surface area (TPSA) is 80.7 Å². The molecule has 2 aliphatic rings. The number of nitrogens with one attached hydrogen (secondary N) is 1. The maximum atomic E-state index is 13.0. The highest BCUT2D eigenvalue weighted by Crippen LogP contribution is 2.49. The van der Waals surface area contributed by atoms with Gasteiger partial charge in [0.1, 0.15) is 0 Å². The standard InChI is InChI=1S/C19H18Cl2N2O4/c1-26-15-6-9(4-5-22-15)16-17(14-8-13(24)18(16)27-14)19(25)23-10-2-3-11(20)12(21)7-10/h2-7,13-14,16-18,24H,8H2,1H3,(H,23,25). The highest BCUT2D eigenvalue weighted by Gasteiger charge is 2.57. The van der Waals surface area contributed by atoms with E-state index in [1.807, 2.05) is 6.07 Å². The van der Waals surface area contributed by atoms with Crippen LogP contribution in [0.2, 0.25) is 10.0 Å². The lowest BCUT2D eigenvalue weighted by Gasteiger charge is -2.30. The summed E-state index contributed by atoms with van der Waals surface area (Å²) in [7, 11) is 1.53. The maximum Gasteiger partial charge on any atom is 0.230 e. The number of aromatic nitrogens is 1. The lowest BCUT2D eigenvalue weighted by molar-refractivity contribution is -0.121. The van der Waals surface area contributed by atoms with Crippen molar-refractivity contribution in [3.8, 4) is 5.88 Å². The zero-order valence-corrected chi connectivity index (χ0v) is 15.9. The van der Waals surface area contributed by atoms with Crippen LogP contribution in [0.4, 0.5) is 5.69 Å². The van der Waals surface area contributed by atoms with Gasteiger partial charge in [0, 0.05) is 30.3 Å². The third-order valence-electron chi connectivity index (χ3n) is 5.17. The van der Waals surface area contributed by atoms with Crippen molar-refractivity contribution in [3.63, 3.8) is 0 Å². The summed E-state index contributed by atoms with van der Waals surface area (Å²) < 4.78 is 11.1. The van der Waals surface area contributed by atoms with Gasteiger partial charge < -0.3 is 19.9 Å². The molecule has 2 bridgehead atoms. The number of amides is 1. The van der Waals surface area contributed by atoms with E-state index in [-0.39, 0.29) is 17.9 Å². The van der Waals surface area contributed by atoms with Crippen molar-refractivity contribution in [1.82, 2.24) is 4.98 Å². The first-order valence-electron chi connectivity index (χ1n) is 8.57. The molecule has 0 radical (unpaired) electrons. The Labute approximate surface area is 166 Å². The van der Waals surface area contributed by atoms with Gasteiger partial charge in [-0.1, -0.05) is 23.2 Å². The van der Waals surface area contributed by atoms with E-state index in [0.717, 1.165) is 5.56 Å². The number of aliphatic hydroxyl groups is 1. The first-order valence-corrected chi connectivity index (χ1v) is 9.33. The minimum absolute atomic E-state index is 0.187. The van der Waals surface area contributed by atoms with Crippen molar-refractivity contribution in [2.75, 3.05) is 12.4 Å². The second-order valence-electron chi connectivity index (χ2n) is 6.74. The average Bonchev–Trinajstić information content (AvgIpc) is 3.21. The number of carbonyl (C=O) groups is 1. The number of hydrogen-bond acceptors (Lipinski definition) is 5. The lowest BCUT2D eigenvalue weighted by atomic mass is 9.74. The summed E-state index contributed by atoms with van der Waals surface area (Å²) in [6, 6.07) is 8.53. The number of ether oxygens (including phenoxy) is 2. The number of pyridine rings is 1. The van der Waals surface area contributed by atoms with Gasteiger partial charge in [-0.2, -0.15) is 0 Å². The number of carbonyl (C=O) groups excluding carboxylic acids is 1. The monoisotopic (exact) mass is 408 g/mol. The fourth-order valence-electron chi connectivity index (χ4n) is 3.98. The van der Waals surface area contributed by atoms with Crippen molar-refractivity contribution in [2.45, 2.75) is 30.7 Å². The smallest absolute Gasteiger partial charge is 0.230 e. The van der Waals surface area contributed by atoms with Gasteiger partial charge in [-0.15, -0.1) is 0 Å². The second kappa shape index (κ2) is 7.28. The second-order valence-corrected chi connectivity index (χ2v) is 7.56. The average molecular weight is 409 g/mol. The third-order valence-corrected chi connectivity index (χ3v) is 5.91. The highest BCUT2D eigenvalue weighted by atomic mass is 35.5. The zero-order valence-electron chi connectivity index (χ0n) is 14.4. The molecule has 8 heteroatoms. The van der Waals surface area contributed by atoms with E-state index < -0.39 is 18.1 Å². The molecule has 1 aromatic carbocycles. The van der Waals surface area contributed by atoms with Crippen LogP contribution in [0.5, 0.6) is 5.88 Å². The van der Waals surface area contributed by atoms with E-state index in [0.29, 0.717) is 28.0 Å². The Hall–Kier alpha value is -1.86. The lowest BCUT2D eigenvalue weighted by Crippen LogP contribution is -2.41. The SMILES string of the molecule is COc1cc(C2C3OC(CC3O)C2C(=O)Nc2ccc(Cl)c(Cl)c2)ccn1. The molecule has 5 atom stereocenters. The van der Waals surface area contributed by atoms with E-state index in [1.54, 1.807) is 30.5 Å². The van der Waals surface area contributed by atoms with Crippen LogP contribution in [0.25, 0.3) is 0 Å². The maximum absolute atomic E-state index is 13.0. The number of anilines is 1. The van der Waals surface area contributed by atoms with E-state index in [2.05, 4.69) is 10.3 Å². The number of aliphatic hydroxyl groups excluding tert-OH is 1. The molecule has 0 spiro atoms. The Bertz CT molecular complexity index is 879. The summed E-state index contributed by atoms with van der Waals surface area (Å²) in [6.07, 6.45) is 0.667. The summed E-state index contributed by atoms with van der Waals surface area (Å²) in [5, 5.41) is 14.0. The van der Waals surface area contributed by atoms with Crippen LogP contribution in [0.3, 0.4) is 0 Å². The van der Waals surface area contributed by atoms with E-state index in [1.165, 1.54) is 7.11 Å². The normalized spacial score (nSPS) is 29.0. The molecule has 0 aliphatic carbocycles. The Morgan fingerprint density at radius 2 is 2.11 bits per heavy atom. The van der Waals surface area contributed by atoms with Gasteiger partial charge in [-0.25, -0.2) is 4.98 Å². The summed E-state index contributed by atoms with van der Waals surface area (Å²) >= 11 is 12.0. The molecule has 2 saturated heterocycles. The first-order chi connectivity index (χ1) is 13.0. The summed E-state index contributed by atoms with van der Waals surface area (Å²) in [4.78, 5) is 17.2. The number of fused-ring (bicyclic) bond motifs is 2. The molecule has 1 amide bonds. The van der Waals surface area contributed by atoms with Crippen LogP contribution >= 0.6 is 23.2 Å². The molecule has 2 fully saturated rings. The molecule has 2 aliphatic heterocycles. The van der Waals surface area contributed by atoms with Crippen molar-refractivity contribution in [1.29, 1.82) is 0 Å². The Morgan fingerprint density at radius 1 is 1.30 bits per heavy atom. The molecular weight excluding hydrogens is 391 g/mol. The molecule has 142 valence electrons. The van der Waals surface area contributed by atoms with E-state index in [9.17, 15) is 9.90 Å². The van der Waals surface area contributed by atoms with E-state index >= 15 is 0 Å². The highest BCUT2D eigenvalue weighted by molar-refractivity contribution is 6.42. The van der Waals surface area contributed by atoms with Gasteiger partial charge in [0.05, 0.1) is 41.4 Å². The minimum atomic E-state index is -0.604. The molecule has 4 rings (SSSR count). The Morgan fingerprint density at radius 3 is 2.85 bits per heavy atom. The van der Waals surface area contributed by atoms with Crippen molar-refractivity contribution < 1.29 is 19.4 Å². The number of nitrogens with zero attached hydrogens (tertiary/aromatic N) is 1. The Kier molecular flexibility index (Phi) is 4.99. The van der Waals surface area contributed by atoms with Crippen molar-refractivity contribution in [3.05, 3.63) is 52.1 Å². The molecule has 2 aromatic rings. The van der Waals surface area contributed by atoms with Gasteiger partial charge in [-0.3, -0.25) is 4.79 Å². The summed E-state index contributed by atoms with van der Waals surface area (Å²) in [5.41, 5.74) is 1.41. The predicted octanol–water partition coefficient (Wildman–Crippen LogP) is 3.27. The van der Waals surface area contributed by atoms with Gasteiger partial charge in [-0.05, 0) is 29.8 Å². The van der Waals surface area contributed by atoms with E-state index in [4.69, 9.17) is 32.7 Å². The molecule has 27 heavy (non-hydrogen) atoms. The van der Waals surface area contributed by atoms with Crippen LogP contribution in [0.1, 0.15) is 17.9 Å². The summed E-state index contributed by atoms with van der Waals surface area (Å²) in [5.74, 6) is -0.472. The number of methoxy groups -OCH3 is 1. The summed E-state index contributed by atoms with van der Waals surface area (Å²) in [6.45, 7) is 0. The fourth-order valence-corrected chi connectivity index (χ4v) is 4.28. The Balaban J connectivity index is 1.62. The molecule has 0 saturated carbocycles. The van der Waals surface area contributed by atoms with Gasteiger partial charge in [0.25, 0.3) is 0 Å². The van der Waals surface area contributed by atoms with Gasteiger partial charge in [0.15, 0.2) is 0 Å². The quantitative estimate of drug-likeness (QED) is 0.811.